The predicted octanol–water partition coefficient (Wildman–Crippen LogP) is 5.21. The Hall–Kier alpha value is -1.98. The minimum absolute atomic E-state index is 0.0795. The van der Waals surface area contributed by atoms with Crippen molar-refractivity contribution in [2.45, 2.75) is 58.5 Å². The summed E-state index contributed by atoms with van der Waals surface area (Å²) in [7, 11) is 0. The number of benzene rings is 2. The smallest absolute Gasteiger partial charge is 0.242 e. The van der Waals surface area contributed by atoms with Gasteiger partial charge in [-0.25, -0.2) is 0 Å². The van der Waals surface area contributed by atoms with Crippen LogP contribution in [0.1, 0.15) is 44.4 Å². The summed E-state index contributed by atoms with van der Waals surface area (Å²) >= 11 is 7.87. The fourth-order valence-electron chi connectivity index (χ4n) is 3.01. The molecule has 4 nitrogen and oxygen atoms in total. The zero-order valence-electron chi connectivity index (χ0n) is 18.4. The standard InChI is InChI=1S/C24H31ClN2O2S/c1-17-9-8-10-19(13-17)15-30-16-22(28)27(14-20-11-6-7-12-21(20)25)18(2)23(29)26-24(3,4)5/h6-13,18H,14-16H2,1-5H3,(H,26,29). The third-order valence-electron chi connectivity index (χ3n) is 4.54. The van der Waals surface area contributed by atoms with Gasteiger partial charge in [-0.2, -0.15) is 0 Å². The molecule has 2 amide bonds. The fraction of sp³-hybridized carbons (Fsp3) is 0.417. The SMILES string of the molecule is Cc1cccc(CSCC(=O)N(Cc2ccccc2Cl)C(C)C(=O)NC(C)(C)C)c1. The molecule has 2 aromatic carbocycles. The zero-order chi connectivity index (χ0) is 22.3. The van der Waals surface area contributed by atoms with Crippen LogP contribution in [0.4, 0.5) is 0 Å². The third-order valence-corrected chi connectivity index (χ3v) is 5.90. The summed E-state index contributed by atoms with van der Waals surface area (Å²) in [4.78, 5) is 27.5. The van der Waals surface area contributed by atoms with Crippen molar-refractivity contribution in [3.05, 3.63) is 70.2 Å². The van der Waals surface area contributed by atoms with Gasteiger partial charge in [0.25, 0.3) is 0 Å². The Morgan fingerprint density at radius 2 is 1.83 bits per heavy atom. The summed E-state index contributed by atoms with van der Waals surface area (Å²) in [5, 5.41) is 3.56. The first kappa shape index (κ1) is 24.3. The van der Waals surface area contributed by atoms with E-state index in [4.69, 9.17) is 11.6 Å². The quantitative estimate of drug-likeness (QED) is 0.605. The lowest BCUT2D eigenvalue weighted by molar-refractivity contribution is -0.139. The van der Waals surface area contributed by atoms with E-state index in [1.54, 1.807) is 29.7 Å². The number of halogens is 1. The Labute approximate surface area is 189 Å². The normalized spacial score (nSPS) is 12.3. The number of thioether (sulfide) groups is 1. The summed E-state index contributed by atoms with van der Waals surface area (Å²) < 4.78 is 0. The first-order chi connectivity index (χ1) is 14.1. The monoisotopic (exact) mass is 446 g/mol. The third kappa shape index (κ3) is 7.69. The summed E-state index contributed by atoms with van der Waals surface area (Å²) in [6.07, 6.45) is 0. The lowest BCUT2D eigenvalue weighted by Crippen LogP contribution is -2.52. The highest BCUT2D eigenvalue weighted by Gasteiger charge is 2.28. The highest BCUT2D eigenvalue weighted by molar-refractivity contribution is 7.99. The van der Waals surface area contributed by atoms with E-state index in [1.807, 2.05) is 45.0 Å². The van der Waals surface area contributed by atoms with Crippen molar-refractivity contribution >= 4 is 35.2 Å². The average Bonchev–Trinajstić information content (AvgIpc) is 2.65. The van der Waals surface area contributed by atoms with Gasteiger partial charge in [0.2, 0.25) is 11.8 Å². The molecule has 0 bridgehead atoms. The zero-order valence-corrected chi connectivity index (χ0v) is 19.9. The molecule has 0 aromatic heterocycles. The second kappa shape index (κ2) is 10.9. The molecule has 0 aliphatic heterocycles. The summed E-state index contributed by atoms with van der Waals surface area (Å²) in [6, 6.07) is 15.1. The fourth-order valence-corrected chi connectivity index (χ4v) is 4.06. The first-order valence-electron chi connectivity index (χ1n) is 10.0. The molecule has 0 saturated carbocycles. The van der Waals surface area contributed by atoms with E-state index in [0.717, 1.165) is 11.3 Å². The van der Waals surface area contributed by atoms with E-state index < -0.39 is 6.04 Å². The number of amides is 2. The van der Waals surface area contributed by atoms with Crippen LogP contribution < -0.4 is 5.32 Å². The summed E-state index contributed by atoms with van der Waals surface area (Å²) in [5.74, 6) is 0.789. The van der Waals surface area contributed by atoms with Gasteiger partial charge in [-0.15, -0.1) is 11.8 Å². The van der Waals surface area contributed by atoms with Gasteiger partial charge in [0.1, 0.15) is 6.04 Å². The number of carbonyl (C=O) groups excluding carboxylic acids is 2. The molecule has 162 valence electrons. The molecule has 6 heteroatoms. The van der Waals surface area contributed by atoms with E-state index in [0.29, 0.717) is 17.3 Å². The van der Waals surface area contributed by atoms with Crippen molar-refractivity contribution in [3.63, 3.8) is 0 Å². The maximum Gasteiger partial charge on any atom is 0.242 e. The van der Waals surface area contributed by atoms with Crippen molar-refractivity contribution in [3.8, 4) is 0 Å². The van der Waals surface area contributed by atoms with Gasteiger partial charge in [-0.05, 0) is 51.8 Å². The van der Waals surface area contributed by atoms with E-state index in [9.17, 15) is 9.59 Å². The minimum atomic E-state index is -0.604. The Kier molecular flexibility index (Phi) is 8.80. The highest BCUT2D eigenvalue weighted by Crippen LogP contribution is 2.21. The molecule has 2 rings (SSSR count). The molecule has 0 heterocycles. The molecule has 0 aliphatic carbocycles. The molecule has 2 aromatic rings. The number of nitrogens with zero attached hydrogens (tertiary/aromatic N) is 1. The molecular weight excluding hydrogens is 416 g/mol. The lowest BCUT2D eigenvalue weighted by Gasteiger charge is -2.31. The molecule has 0 aliphatic rings. The molecule has 1 atom stereocenters. The number of hydrogen-bond acceptors (Lipinski definition) is 3. The average molecular weight is 447 g/mol. The van der Waals surface area contributed by atoms with Gasteiger partial charge in [0, 0.05) is 22.9 Å². The van der Waals surface area contributed by atoms with Crippen LogP contribution in [0.2, 0.25) is 5.02 Å². The Morgan fingerprint density at radius 1 is 1.13 bits per heavy atom. The number of hydrogen-bond donors (Lipinski definition) is 1. The van der Waals surface area contributed by atoms with Crippen LogP contribution in [0, 0.1) is 6.92 Å². The van der Waals surface area contributed by atoms with Crippen LogP contribution in [-0.4, -0.2) is 34.0 Å². The number of rotatable bonds is 8. The molecular formula is C24H31ClN2O2S. The Bertz CT molecular complexity index is 880. The number of carbonyl (C=O) groups is 2. The largest absolute Gasteiger partial charge is 0.350 e. The van der Waals surface area contributed by atoms with Crippen molar-refractivity contribution < 1.29 is 9.59 Å². The van der Waals surface area contributed by atoms with Crippen LogP contribution >= 0.6 is 23.4 Å². The second-order valence-electron chi connectivity index (χ2n) is 8.51. The molecule has 0 fully saturated rings. The van der Waals surface area contributed by atoms with Gasteiger partial charge < -0.3 is 10.2 Å². The molecule has 30 heavy (non-hydrogen) atoms. The van der Waals surface area contributed by atoms with E-state index in [1.165, 1.54) is 11.1 Å². The Balaban J connectivity index is 2.11. The van der Waals surface area contributed by atoms with E-state index in [2.05, 4.69) is 30.4 Å². The van der Waals surface area contributed by atoms with Crippen LogP contribution in [-0.2, 0) is 21.9 Å². The second-order valence-corrected chi connectivity index (χ2v) is 9.90. The van der Waals surface area contributed by atoms with Crippen LogP contribution in [0.15, 0.2) is 48.5 Å². The maximum absolute atomic E-state index is 13.1. The van der Waals surface area contributed by atoms with Gasteiger partial charge in [-0.1, -0.05) is 59.6 Å². The summed E-state index contributed by atoms with van der Waals surface area (Å²) in [5.41, 5.74) is 2.84. The van der Waals surface area contributed by atoms with Gasteiger partial charge in [-0.3, -0.25) is 9.59 Å². The molecule has 0 radical (unpaired) electrons. The summed E-state index contributed by atoms with van der Waals surface area (Å²) in [6.45, 7) is 9.89. The van der Waals surface area contributed by atoms with Crippen LogP contribution in [0.3, 0.4) is 0 Å². The van der Waals surface area contributed by atoms with Gasteiger partial charge in [0.15, 0.2) is 0 Å². The van der Waals surface area contributed by atoms with Gasteiger partial charge >= 0.3 is 0 Å². The van der Waals surface area contributed by atoms with E-state index in [-0.39, 0.29) is 17.4 Å². The topological polar surface area (TPSA) is 49.4 Å². The lowest BCUT2D eigenvalue weighted by atomic mass is 10.1. The van der Waals surface area contributed by atoms with Crippen LogP contribution in [0.5, 0.6) is 0 Å². The van der Waals surface area contributed by atoms with Crippen LogP contribution in [0.25, 0.3) is 0 Å². The van der Waals surface area contributed by atoms with Crippen molar-refractivity contribution in [2.75, 3.05) is 5.75 Å². The first-order valence-corrected chi connectivity index (χ1v) is 11.6. The minimum Gasteiger partial charge on any atom is -0.350 e. The predicted molar refractivity (Wildman–Crippen MR) is 127 cm³/mol. The highest BCUT2D eigenvalue weighted by atomic mass is 35.5. The van der Waals surface area contributed by atoms with E-state index >= 15 is 0 Å². The molecule has 1 unspecified atom stereocenters. The molecule has 1 N–H and O–H groups in total. The van der Waals surface area contributed by atoms with Gasteiger partial charge in [0.05, 0.1) is 5.75 Å². The van der Waals surface area contributed by atoms with Crippen molar-refractivity contribution in [1.29, 1.82) is 0 Å². The number of nitrogens with one attached hydrogen (secondary N) is 1. The van der Waals surface area contributed by atoms with Crippen molar-refractivity contribution in [1.82, 2.24) is 10.2 Å². The molecule has 0 spiro atoms. The maximum atomic E-state index is 13.1. The molecule has 0 saturated heterocycles. The van der Waals surface area contributed by atoms with Crippen molar-refractivity contribution in [2.24, 2.45) is 0 Å². The Morgan fingerprint density at radius 3 is 2.47 bits per heavy atom. The number of aryl methyl sites for hydroxylation is 1.